The normalized spacial score (nSPS) is 9.13. The number of aryl methyl sites for hydroxylation is 1. The Morgan fingerprint density at radius 2 is 1.93 bits per heavy atom. The van der Waals surface area contributed by atoms with E-state index in [1.54, 1.807) is 7.11 Å². The zero-order valence-electron chi connectivity index (χ0n) is 9.16. The predicted octanol–water partition coefficient (Wildman–Crippen LogP) is -2.23. The van der Waals surface area contributed by atoms with E-state index in [1.165, 1.54) is 0 Å². The van der Waals surface area contributed by atoms with Crippen molar-refractivity contribution in [2.75, 3.05) is 7.11 Å². The number of carboxylic acids is 1. The van der Waals surface area contributed by atoms with Gasteiger partial charge in [0.25, 0.3) is 0 Å². The quantitative estimate of drug-likeness (QED) is 0.523. The zero-order chi connectivity index (χ0) is 10.4. The third-order valence-electron chi connectivity index (χ3n) is 2.01. The topological polar surface area (TPSA) is 49.4 Å². The van der Waals surface area contributed by atoms with E-state index in [-0.39, 0.29) is 36.0 Å². The van der Waals surface area contributed by atoms with Crippen molar-refractivity contribution in [3.8, 4) is 5.75 Å². The third-order valence-corrected chi connectivity index (χ3v) is 2.01. The van der Waals surface area contributed by atoms with Crippen LogP contribution in [0, 0.1) is 0 Å². The Labute approximate surface area is 112 Å². The van der Waals surface area contributed by atoms with Gasteiger partial charge in [-0.15, -0.1) is 0 Å². The average molecular weight is 216 g/mol. The number of rotatable bonds is 5. The van der Waals surface area contributed by atoms with Crippen molar-refractivity contribution >= 4 is 5.97 Å². The van der Waals surface area contributed by atoms with Crippen LogP contribution in [0.1, 0.15) is 18.4 Å². The summed E-state index contributed by atoms with van der Waals surface area (Å²) >= 11 is 0. The Balaban J connectivity index is 0.00000196. The maximum atomic E-state index is 10.2. The van der Waals surface area contributed by atoms with Crippen LogP contribution in [-0.4, -0.2) is 13.1 Å². The summed E-state index contributed by atoms with van der Waals surface area (Å²) in [5.74, 6) is -0.174. The zero-order valence-corrected chi connectivity index (χ0v) is 11.2. The van der Waals surface area contributed by atoms with Crippen LogP contribution in [-0.2, 0) is 11.2 Å². The molecule has 1 aromatic carbocycles. The Kier molecular flexibility index (Phi) is 7.48. The second-order valence-electron chi connectivity index (χ2n) is 3.07. The van der Waals surface area contributed by atoms with Crippen molar-refractivity contribution < 1.29 is 44.2 Å². The number of carbonyl (C=O) groups is 1. The molecule has 0 aliphatic rings. The number of hydrogen-bond acceptors (Lipinski definition) is 3. The van der Waals surface area contributed by atoms with Gasteiger partial charge in [-0.25, -0.2) is 0 Å². The molecule has 1 aromatic rings. The minimum Gasteiger partial charge on any atom is -0.550 e. The van der Waals surface area contributed by atoms with Crippen LogP contribution < -0.4 is 39.4 Å². The van der Waals surface area contributed by atoms with Gasteiger partial charge < -0.3 is 14.6 Å². The minimum absolute atomic E-state index is 0. The number of hydrogen-bond donors (Lipinski definition) is 0. The number of aliphatic carboxylic acids is 1. The standard InChI is InChI=1S/C11H14O3.Na/c1-14-10-7-5-9(6-8-10)3-2-4-11(12)13;/h5-8H,2-4H2,1H3,(H,12,13);/q;+1/p-1. The molecule has 0 fully saturated rings. The predicted molar refractivity (Wildman–Crippen MR) is 50.9 cm³/mol. The molecule has 0 unspecified atom stereocenters. The summed E-state index contributed by atoms with van der Waals surface area (Å²) in [5.41, 5.74) is 1.12. The maximum Gasteiger partial charge on any atom is 1.00 e. The fourth-order valence-corrected chi connectivity index (χ4v) is 1.23. The van der Waals surface area contributed by atoms with Crippen LogP contribution in [0.3, 0.4) is 0 Å². The molecule has 76 valence electrons. The molecule has 3 nitrogen and oxygen atoms in total. The fourth-order valence-electron chi connectivity index (χ4n) is 1.23. The van der Waals surface area contributed by atoms with Gasteiger partial charge in [0, 0.05) is 5.97 Å². The number of benzene rings is 1. The minimum atomic E-state index is -0.987. The van der Waals surface area contributed by atoms with Crippen molar-refractivity contribution in [3.63, 3.8) is 0 Å². The van der Waals surface area contributed by atoms with Gasteiger partial charge in [0.05, 0.1) is 7.11 Å². The fraction of sp³-hybridized carbons (Fsp3) is 0.364. The van der Waals surface area contributed by atoms with E-state index in [4.69, 9.17) is 4.74 Å². The monoisotopic (exact) mass is 216 g/mol. The second kappa shape index (κ2) is 7.74. The Morgan fingerprint density at radius 1 is 1.33 bits per heavy atom. The molecule has 0 radical (unpaired) electrons. The summed E-state index contributed by atoms with van der Waals surface area (Å²) in [5, 5.41) is 10.2. The van der Waals surface area contributed by atoms with Crippen molar-refractivity contribution in [1.82, 2.24) is 0 Å². The van der Waals surface area contributed by atoms with Gasteiger partial charge in [-0.2, -0.15) is 0 Å². The molecule has 0 atom stereocenters. The summed E-state index contributed by atoms with van der Waals surface area (Å²) in [6.45, 7) is 0. The van der Waals surface area contributed by atoms with Gasteiger partial charge in [-0.05, 0) is 37.0 Å². The van der Waals surface area contributed by atoms with E-state index in [1.807, 2.05) is 24.3 Å². The van der Waals surface area contributed by atoms with Crippen LogP contribution >= 0.6 is 0 Å². The average Bonchev–Trinajstić information content (AvgIpc) is 2.18. The van der Waals surface area contributed by atoms with Gasteiger partial charge in [0.1, 0.15) is 5.75 Å². The molecule has 15 heavy (non-hydrogen) atoms. The number of carboxylic acid groups (broad SMARTS) is 1. The summed E-state index contributed by atoms with van der Waals surface area (Å²) in [6.07, 6.45) is 1.50. The van der Waals surface area contributed by atoms with Crippen LogP contribution in [0.5, 0.6) is 5.75 Å². The Morgan fingerprint density at radius 3 is 2.40 bits per heavy atom. The van der Waals surface area contributed by atoms with Gasteiger partial charge in [0.15, 0.2) is 0 Å². The first-order valence-electron chi connectivity index (χ1n) is 4.55. The van der Waals surface area contributed by atoms with Gasteiger partial charge in [0.2, 0.25) is 0 Å². The molecule has 0 spiro atoms. The van der Waals surface area contributed by atoms with Crippen LogP contribution in [0.25, 0.3) is 0 Å². The Bertz CT molecular complexity index is 295. The van der Waals surface area contributed by atoms with Gasteiger partial charge in [-0.1, -0.05) is 12.1 Å². The van der Waals surface area contributed by atoms with Crippen LogP contribution in [0.4, 0.5) is 0 Å². The SMILES string of the molecule is COc1ccc(CCCC(=O)[O-])cc1.[Na+]. The molecule has 0 bridgehead atoms. The van der Waals surface area contributed by atoms with Crippen molar-refractivity contribution in [2.24, 2.45) is 0 Å². The largest absolute Gasteiger partial charge is 1.00 e. The Hall–Kier alpha value is -0.510. The summed E-state index contributed by atoms with van der Waals surface area (Å²) < 4.78 is 5.01. The van der Waals surface area contributed by atoms with Gasteiger partial charge >= 0.3 is 29.6 Å². The molecule has 0 aliphatic carbocycles. The maximum absolute atomic E-state index is 10.2. The molecule has 0 N–H and O–H groups in total. The van der Waals surface area contributed by atoms with E-state index in [0.717, 1.165) is 17.7 Å². The molecular weight excluding hydrogens is 203 g/mol. The van der Waals surface area contributed by atoms with Crippen LogP contribution in [0.15, 0.2) is 24.3 Å². The van der Waals surface area contributed by atoms with Crippen molar-refractivity contribution in [2.45, 2.75) is 19.3 Å². The first-order valence-corrected chi connectivity index (χ1v) is 4.55. The molecular formula is C11H13NaO3. The molecule has 0 saturated heterocycles. The first-order chi connectivity index (χ1) is 6.72. The third kappa shape index (κ3) is 5.82. The summed E-state index contributed by atoms with van der Waals surface area (Å²) in [7, 11) is 1.62. The van der Waals surface area contributed by atoms with Crippen molar-refractivity contribution in [3.05, 3.63) is 29.8 Å². The smallest absolute Gasteiger partial charge is 0.550 e. The summed E-state index contributed by atoms with van der Waals surface area (Å²) in [4.78, 5) is 10.2. The first kappa shape index (κ1) is 14.5. The summed E-state index contributed by atoms with van der Waals surface area (Å²) in [6, 6.07) is 7.62. The van der Waals surface area contributed by atoms with Crippen LogP contribution in [0.2, 0.25) is 0 Å². The number of ether oxygens (including phenoxy) is 1. The molecule has 1 rings (SSSR count). The second-order valence-corrected chi connectivity index (χ2v) is 3.07. The van der Waals surface area contributed by atoms with E-state index in [9.17, 15) is 9.90 Å². The molecule has 0 heterocycles. The molecule has 4 heteroatoms. The van der Waals surface area contributed by atoms with E-state index < -0.39 is 5.97 Å². The van der Waals surface area contributed by atoms with Gasteiger partial charge in [-0.3, -0.25) is 0 Å². The van der Waals surface area contributed by atoms with E-state index in [2.05, 4.69) is 0 Å². The number of methoxy groups -OCH3 is 1. The van der Waals surface area contributed by atoms with Crippen molar-refractivity contribution in [1.29, 1.82) is 0 Å². The molecule has 0 aromatic heterocycles. The molecule has 0 amide bonds. The number of carbonyl (C=O) groups excluding carboxylic acids is 1. The molecule has 0 aliphatic heterocycles. The van der Waals surface area contributed by atoms with E-state index >= 15 is 0 Å². The van der Waals surface area contributed by atoms with E-state index in [0.29, 0.717) is 6.42 Å². The molecule has 0 saturated carbocycles.